The van der Waals surface area contributed by atoms with Crippen molar-refractivity contribution < 1.29 is 14.7 Å². The van der Waals surface area contributed by atoms with E-state index in [-0.39, 0.29) is 11.4 Å². The molecule has 1 rings (SSSR count). The predicted octanol–water partition coefficient (Wildman–Crippen LogP) is 2.32. The van der Waals surface area contributed by atoms with Crippen LogP contribution in [0, 0.1) is 11.3 Å². The highest BCUT2D eigenvalue weighted by Gasteiger charge is 2.46. The van der Waals surface area contributed by atoms with Gasteiger partial charge >= 0.3 is 12.0 Å². The second kappa shape index (κ2) is 5.39. The minimum Gasteiger partial charge on any atom is -0.480 e. The fraction of sp³-hybridized carbons (Fsp3) is 0.857. The lowest BCUT2D eigenvalue weighted by molar-refractivity contribution is -0.147. The van der Waals surface area contributed by atoms with Crippen molar-refractivity contribution in [1.82, 2.24) is 10.2 Å². The normalized spacial score (nSPS) is 17.2. The van der Waals surface area contributed by atoms with Crippen molar-refractivity contribution in [2.45, 2.75) is 53.0 Å². The summed E-state index contributed by atoms with van der Waals surface area (Å²) in [6.45, 7) is 10.2. The molecule has 0 aromatic rings. The average molecular weight is 270 g/mol. The van der Waals surface area contributed by atoms with Gasteiger partial charge in [0.25, 0.3) is 0 Å². The molecule has 0 bridgehead atoms. The molecule has 0 spiro atoms. The lowest BCUT2D eigenvalue weighted by Crippen LogP contribution is -2.56. The zero-order chi connectivity index (χ0) is 14.8. The van der Waals surface area contributed by atoms with Gasteiger partial charge in [0.1, 0.15) is 5.54 Å². The molecule has 0 aliphatic heterocycles. The lowest BCUT2D eigenvalue weighted by atomic mass is 9.92. The van der Waals surface area contributed by atoms with Crippen LogP contribution in [-0.2, 0) is 4.79 Å². The largest absolute Gasteiger partial charge is 0.480 e. The third-order valence-electron chi connectivity index (χ3n) is 4.47. The van der Waals surface area contributed by atoms with Gasteiger partial charge in [-0.1, -0.05) is 13.8 Å². The number of carboxylic acid groups (broad SMARTS) is 1. The van der Waals surface area contributed by atoms with Crippen molar-refractivity contribution in [3.05, 3.63) is 0 Å². The summed E-state index contributed by atoms with van der Waals surface area (Å²) >= 11 is 0. The minimum atomic E-state index is -1.19. The number of nitrogens with one attached hydrogen (secondary N) is 1. The number of likely N-dealkylation sites (N-methyl/N-ethyl adjacent to an activating group) is 1. The Morgan fingerprint density at radius 2 is 1.89 bits per heavy atom. The summed E-state index contributed by atoms with van der Waals surface area (Å²) in [6, 6.07) is -0.290. The van der Waals surface area contributed by atoms with Gasteiger partial charge in [0.05, 0.1) is 0 Å². The van der Waals surface area contributed by atoms with Gasteiger partial charge in [-0.15, -0.1) is 0 Å². The summed E-state index contributed by atoms with van der Waals surface area (Å²) in [5.74, 6) is -0.454. The lowest BCUT2D eigenvalue weighted by Gasteiger charge is -2.35. The highest BCUT2D eigenvalue weighted by atomic mass is 16.4. The predicted molar refractivity (Wildman–Crippen MR) is 74.0 cm³/mol. The van der Waals surface area contributed by atoms with Crippen molar-refractivity contribution in [3.63, 3.8) is 0 Å². The Hall–Kier alpha value is -1.26. The number of rotatable bonds is 6. The van der Waals surface area contributed by atoms with Crippen molar-refractivity contribution in [3.8, 4) is 0 Å². The van der Waals surface area contributed by atoms with Crippen LogP contribution in [0.3, 0.4) is 0 Å². The molecular formula is C14H26N2O3. The Balaban J connectivity index is 2.63. The van der Waals surface area contributed by atoms with Crippen molar-refractivity contribution in [2.24, 2.45) is 11.3 Å². The van der Waals surface area contributed by atoms with E-state index in [1.54, 1.807) is 20.8 Å². The summed E-state index contributed by atoms with van der Waals surface area (Å²) in [6.07, 6.45) is 2.28. The quantitative estimate of drug-likeness (QED) is 0.778. The number of nitrogens with zero attached hydrogens (tertiary/aromatic N) is 1. The van der Waals surface area contributed by atoms with Crippen LogP contribution in [0.15, 0.2) is 0 Å². The van der Waals surface area contributed by atoms with Crippen LogP contribution in [0.5, 0.6) is 0 Å². The topological polar surface area (TPSA) is 69.6 Å². The van der Waals surface area contributed by atoms with Crippen LogP contribution in [0.4, 0.5) is 4.79 Å². The maximum atomic E-state index is 12.2. The Bertz CT molecular complexity index is 360. The number of carbonyl (C=O) groups excluding carboxylic acids is 1. The third kappa shape index (κ3) is 3.19. The molecule has 2 N–H and O–H groups in total. The first-order chi connectivity index (χ1) is 8.67. The van der Waals surface area contributed by atoms with Gasteiger partial charge in [-0.05, 0) is 44.9 Å². The highest BCUT2D eigenvalue weighted by Crippen LogP contribution is 2.51. The maximum Gasteiger partial charge on any atom is 0.329 e. The van der Waals surface area contributed by atoms with Gasteiger partial charge in [-0.3, -0.25) is 0 Å². The zero-order valence-electron chi connectivity index (χ0n) is 12.6. The highest BCUT2D eigenvalue weighted by molar-refractivity contribution is 5.85. The summed E-state index contributed by atoms with van der Waals surface area (Å²) in [7, 11) is 0. The van der Waals surface area contributed by atoms with Crippen LogP contribution in [0.25, 0.3) is 0 Å². The molecule has 19 heavy (non-hydrogen) atoms. The standard InChI is InChI=1S/C14H26N2O3/c1-6-16(13(4,5)11(17)18)12(19)15-9-14(7-8-14)10(2)3/h10H,6-9H2,1-5H3,(H,15,19)(H,17,18). The van der Waals surface area contributed by atoms with Gasteiger partial charge in [0.2, 0.25) is 0 Å². The van der Waals surface area contributed by atoms with E-state index in [2.05, 4.69) is 19.2 Å². The van der Waals surface area contributed by atoms with Crippen molar-refractivity contribution in [1.29, 1.82) is 0 Å². The van der Waals surface area contributed by atoms with Gasteiger partial charge in [-0.25, -0.2) is 9.59 Å². The van der Waals surface area contributed by atoms with Crippen LogP contribution in [-0.4, -0.2) is 40.6 Å². The molecule has 0 atom stereocenters. The zero-order valence-corrected chi connectivity index (χ0v) is 12.6. The van der Waals surface area contributed by atoms with Gasteiger partial charge in [0, 0.05) is 13.1 Å². The molecule has 5 nitrogen and oxygen atoms in total. The van der Waals surface area contributed by atoms with Crippen molar-refractivity contribution in [2.75, 3.05) is 13.1 Å². The van der Waals surface area contributed by atoms with E-state index in [0.717, 1.165) is 12.8 Å². The summed E-state index contributed by atoms with van der Waals surface area (Å²) in [4.78, 5) is 24.8. The SMILES string of the molecule is CCN(C(=O)NCC1(C(C)C)CC1)C(C)(C)C(=O)O. The fourth-order valence-electron chi connectivity index (χ4n) is 2.37. The average Bonchev–Trinajstić information content (AvgIpc) is 3.07. The van der Waals surface area contributed by atoms with Crippen molar-refractivity contribution >= 4 is 12.0 Å². The Morgan fingerprint density at radius 3 is 2.21 bits per heavy atom. The van der Waals surface area contributed by atoms with Crippen LogP contribution >= 0.6 is 0 Å². The first-order valence-electron chi connectivity index (χ1n) is 6.96. The van der Waals surface area contributed by atoms with Gasteiger partial charge in [-0.2, -0.15) is 0 Å². The monoisotopic (exact) mass is 270 g/mol. The minimum absolute atomic E-state index is 0.225. The number of aliphatic carboxylic acids is 1. The Labute approximate surface area is 115 Å². The molecule has 1 aliphatic rings. The second-order valence-corrected chi connectivity index (χ2v) is 6.28. The van der Waals surface area contributed by atoms with E-state index in [0.29, 0.717) is 19.0 Å². The molecular weight excluding hydrogens is 244 g/mol. The smallest absolute Gasteiger partial charge is 0.329 e. The molecule has 0 aromatic heterocycles. The summed E-state index contributed by atoms with van der Waals surface area (Å²) < 4.78 is 0. The van der Waals surface area contributed by atoms with E-state index >= 15 is 0 Å². The number of hydrogen-bond acceptors (Lipinski definition) is 2. The summed E-state index contributed by atoms with van der Waals surface area (Å²) in [5.41, 5.74) is -0.962. The number of urea groups is 1. The van der Waals surface area contributed by atoms with E-state index in [1.807, 2.05) is 0 Å². The van der Waals surface area contributed by atoms with E-state index in [4.69, 9.17) is 0 Å². The maximum absolute atomic E-state index is 12.2. The van der Waals surface area contributed by atoms with Crippen LogP contribution < -0.4 is 5.32 Å². The number of carbonyl (C=O) groups is 2. The molecule has 1 fully saturated rings. The summed E-state index contributed by atoms with van der Waals surface area (Å²) in [5, 5.41) is 12.1. The molecule has 0 aromatic carbocycles. The molecule has 1 saturated carbocycles. The molecule has 0 unspecified atom stereocenters. The van der Waals surface area contributed by atoms with Gasteiger partial charge in [0.15, 0.2) is 0 Å². The van der Waals surface area contributed by atoms with Crippen LogP contribution in [0.2, 0.25) is 0 Å². The first kappa shape index (κ1) is 15.8. The first-order valence-corrected chi connectivity index (χ1v) is 6.96. The number of carboxylic acids is 1. The fourth-order valence-corrected chi connectivity index (χ4v) is 2.37. The molecule has 110 valence electrons. The Morgan fingerprint density at radius 1 is 1.37 bits per heavy atom. The molecule has 2 amide bonds. The molecule has 5 heteroatoms. The van der Waals surface area contributed by atoms with E-state index in [1.165, 1.54) is 4.90 Å². The van der Waals surface area contributed by atoms with E-state index in [9.17, 15) is 14.7 Å². The number of hydrogen-bond donors (Lipinski definition) is 2. The van der Waals surface area contributed by atoms with Gasteiger partial charge < -0.3 is 15.3 Å². The molecule has 0 radical (unpaired) electrons. The molecule has 1 aliphatic carbocycles. The molecule has 0 heterocycles. The number of amides is 2. The van der Waals surface area contributed by atoms with E-state index < -0.39 is 11.5 Å². The van der Waals surface area contributed by atoms with Crippen LogP contribution in [0.1, 0.15) is 47.5 Å². The molecule has 0 saturated heterocycles. The second-order valence-electron chi connectivity index (χ2n) is 6.28. The Kier molecular flexibility index (Phi) is 4.48. The third-order valence-corrected chi connectivity index (χ3v) is 4.47.